The molecule has 0 spiro atoms. The Balaban J connectivity index is 1.76. The third-order valence-electron chi connectivity index (χ3n) is 2.97. The van der Waals surface area contributed by atoms with Gasteiger partial charge in [-0.25, -0.2) is 14.8 Å². The molecule has 7 nitrogen and oxygen atoms in total. The molecule has 1 amide bonds. The molecule has 3 rings (SSSR count). The number of aromatic amines is 1. The molecule has 0 saturated carbocycles. The molecule has 8 heteroatoms. The van der Waals surface area contributed by atoms with Crippen molar-refractivity contribution < 1.29 is 14.7 Å². The number of aromatic carboxylic acids is 1. The summed E-state index contributed by atoms with van der Waals surface area (Å²) >= 11 is 1.06. The number of fused-ring (bicyclic) bond motifs is 1. The SMILES string of the molecule is Cc1nc(CC(=O)Nc2nc3ccccc3[nH]2)c(C(=O)O)s1. The number of aryl methyl sites for hydroxylation is 1. The number of nitrogens with zero attached hydrogens (tertiary/aromatic N) is 2. The minimum Gasteiger partial charge on any atom is -0.477 e. The molecular formula is C14H12N4O3S. The summed E-state index contributed by atoms with van der Waals surface area (Å²) in [7, 11) is 0. The van der Waals surface area contributed by atoms with Crippen LogP contribution in [0.15, 0.2) is 24.3 Å². The van der Waals surface area contributed by atoms with Crippen LogP contribution in [-0.4, -0.2) is 31.9 Å². The molecule has 0 aliphatic rings. The van der Waals surface area contributed by atoms with E-state index >= 15 is 0 Å². The van der Waals surface area contributed by atoms with E-state index in [-0.39, 0.29) is 22.9 Å². The molecule has 3 N–H and O–H groups in total. The van der Waals surface area contributed by atoms with Crippen molar-refractivity contribution in [1.29, 1.82) is 0 Å². The molecule has 0 fully saturated rings. The number of imidazole rings is 1. The van der Waals surface area contributed by atoms with Gasteiger partial charge in [-0.2, -0.15) is 0 Å². The molecule has 1 aromatic carbocycles. The molecule has 0 atom stereocenters. The largest absolute Gasteiger partial charge is 0.477 e. The van der Waals surface area contributed by atoms with Crippen LogP contribution >= 0.6 is 11.3 Å². The molecule has 0 unspecified atom stereocenters. The van der Waals surface area contributed by atoms with Gasteiger partial charge in [-0.15, -0.1) is 11.3 Å². The Morgan fingerprint density at radius 2 is 2.09 bits per heavy atom. The molecule has 0 aliphatic heterocycles. The van der Waals surface area contributed by atoms with Crippen LogP contribution in [0.3, 0.4) is 0 Å². The van der Waals surface area contributed by atoms with Gasteiger partial charge in [0, 0.05) is 0 Å². The standard InChI is InChI=1S/C14H12N4O3S/c1-7-15-10(12(22-7)13(20)21)6-11(19)18-14-16-8-4-2-3-5-9(8)17-14/h2-5H,6H2,1H3,(H,20,21)(H2,16,17,18,19). The summed E-state index contributed by atoms with van der Waals surface area (Å²) in [6.45, 7) is 1.71. The fraction of sp³-hybridized carbons (Fsp3) is 0.143. The summed E-state index contributed by atoms with van der Waals surface area (Å²) < 4.78 is 0. The van der Waals surface area contributed by atoms with Gasteiger partial charge < -0.3 is 10.1 Å². The van der Waals surface area contributed by atoms with Crippen molar-refractivity contribution in [3.05, 3.63) is 39.8 Å². The number of carbonyl (C=O) groups is 2. The lowest BCUT2D eigenvalue weighted by Crippen LogP contribution is -2.17. The van der Waals surface area contributed by atoms with Crippen molar-refractivity contribution in [2.75, 3.05) is 5.32 Å². The first-order chi connectivity index (χ1) is 10.5. The Hall–Kier alpha value is -2.74. The first-order valence-electron chi connectivity index (χ1n) is 6.47. The summed E-state index contributed by atoms with van der Waals surface area (Å²) in [5, 5.41) is 12.3. The maximum atomic E-state index is 12.0. The molecule has 0 bridgehead atoms. The van der Waals surface area contributed by atoms with Crippen LogP contribution in [0.2, 0.25) is 0 Å². The number of nitrogens with one attached hydrogen (secondary N) is 2. The quantitative estimate of drug-likeness (QED) is 0.684. The highest BCUT2D eigenvalue weighted by molar-refractivity contribution is 7.13. The number of hydrogen-bond acceptors (Lipinski definition) is 5. The first kappa shape index (κ1) is 14.2. The molecule has 112 valence electrons. The van der Waals surface area contributed by atoms with E-state index in [0.29, 0.717) is 11.0 Å². The average molecular weight is 316 g/mol. The van der Waals surface area contributed by atoms with Gasteiger partial charge in [0.1, 0.15) is 4.88 Å². The van der Waals surface area contributed by atoms with E-state index in [1.165, 1.54) is 0 Å². The van der Waals surface area contributed by atoms with Crippen LogP contribution in [0.4, 0.5) is 5.95 Å². The summed E-state index contributed by atoms with van der Waals surface area (Å²) in [5.41, 5.74) is 1.82. The van der Waals surface area contributed by atoms with Gasteiger partial charge >= 0.3 is 5.97 Å². The second kappa shape index (κ2) is 5.57. The number of benzene rings is 1. The zero-order valence-corrected chi connectivity index (χ0v) is 12.4. The van der Waals surface area contributed by atoms with E-state index in [1.54, 1.807) is 6.92 Å². The molecular weight excluding hydrogens is 304 g/mol. The monoisotopic (exact) mass is 316 g/mol. The number of thiazole rings is 1. The maximum Gasteiger partial charge on any atom is 0.347 e. The highest BCUT2D eigenvalue weighted by Gasteiger charge is 2.18. The van der Waals surface area contributed by atoms with Crippen LogP contribution < -0.4 is 5.32 Å². The zero-order chi connectivity index (χ0) is 15.7. The predicted molar refractivity (Wildman–Crippen MR) is 82.2 cm³/mol. The summed E-state index contributed by atoms with van der Waals surface area (Å²) in [6, 6.07) is 7.40. The van der Waals surface area contributed by atoms with Crippen molar-refractivity contribution in [3.63, 3.8) is 0 Å². The van der Waals surface area contributed by atoms with Crippen LogP contribution in [-0.2, 0) is 11.2 Å². The minimum atomic E-state index is -1.07. The zero-order valence-electron chi connectivity index (χ0n) is 11.6. The number of carbonyl (C=O) groups excluding carboxylic acids is 1. The molecule has 22 heavy (non-hydrogen) atoms. The maximum absolute atomic E-state index is 12.0. The number of anilines is 1. The number of aromatic nitrogens is 3. The van der Waals surface area contributed by atoms with Crippen molar-refractivity contribution in [2.24, 2.45) is 0 Å². The first-order valence-corrected chi connectivity index (χ1v) is 7.29. The van der Waals surface area contributed by atoms with Crippen molar-refractivity contribution in [3.8, 4) is 0 Å². The van der Waals surface area contributed by atoms with Gasteiger partial charge in [0.05, 0.1) is 28.2 Å². The van der Waals surface area contributed by atoms with Crippen LogP contribution in [0.1, 0.15) is 20.4 Å². The second-order valence-corrected chi connectivity index (χ2v) is 5.84. The van der Waals surface area contributed by atoms with Crippen molar-refractivity contribution in [2.45, 2.75) is 13.3 Å². The Bertz CT molecular complexity index is 835. The van der Waals surface area contributed by atoms with E-state index in [1.807, 2.05) is 24.3 Å². The van der Waals surface area contributed by atoms with Crippen LogP contribution in [0.5, 0.6) is 0 Å². The number of carboxylic acids is 1. The highest BCUT2D eigenvalue weighted by Crippen LogP contribution is 2.19. The molecule has 0 saturated heterocycles. The summed E-state index contributed by atoms with van der Waals surface area (Å²) in [4.78, 5) is 34.6. The number of hydrogen-bond donors (Lipinski definition) is 3. The van der Waals surface area contributed by atoms with Crippen LogP contribution in [0, 0.1) is 6.92 Å². The molecule has 3 aromatic rings. The van der Waals surface area contributed by atoms with Gasteiger partial charge in [0.25, 0.3) is 0 Å². The lowest BCUT2D eigenvalue weighted by molar-refractivity contribution is -0.115. The second-order valence-electron chi connectivity index (χ2n) is 4.64. The third-order valence-corrected chi connectivity index (χ3v) is 3.97. The van der Waals surface area contributed by atoms with Gasteiger partial charge in [-0.3, -0.25) is 10.1 Å². The Kier molecular flexibility index (Phi) is 3.60. The minimum absolute atomic E-state index is 0.0947. The Morgan fingerprint density at radius 3 is 2.82 bits per heavy atom. The number of carboxylic acid groups (broad SMARTS) is 1. The fourth-order valence-corrected chi connectivity index (χ4v) is 2.87. The number of amides is 1. The number of H-pyrrole nitrogens is 1. The molecule has 2 aromatic heterocycles. The van der Waals surface area contributed by atoms with Gasteiger partial charge in [0.15, 0.2) is 0 Å². The van der Waals surface area contributed by atoms with Gasteiger partial charge in [0.2, 0.25) is 11.9 Å². The molecule has 2 heterocycles. The Labute approximate surface area is 129 Å². The van der Waals surface area contributed by atoms with E-state index in [2.05, 4.69) is 20.3 Å². The number of para-hydroxylation sites is 2. The predicted octanol–water partition coefficient (Wildman–Crippen LogP) is 2.21. The van der Waals surface area contributed by atoms with E-state index in [9.17, 15) is 9.59 Å². The van der Waals surface area contributed by atoms with E-state index in [4.69, 9.17) is 5.11 Å². The fourth-order valence-electron chi connectivity index (χ4n) is 2.10. The van der Waals surface area contributed by atoms with Crippen molar-refractivity contribution >= 4 is 40.2 Å². The van der Waals surface area contributed by atoms with E-state index < -0.39 is 5.97 Å². The summed E-state index contributed by atoms with van der Waals surface area (Å²) in [6.07, 6.45) is -0.108. The number of rotatable bonds is 4. The van der Waals surface area contributed by atoms with Crippen molar-refractivity contribution in [1.82, 2.24) is 15.0 Å². The van der Waals surface area contributed by atoms with Gasteiger partial charge in [-0.05, 0) is 19.1 Å². The normalized spacial score (nSPS) is 10.8. The topological polar surface area (TPSA) is 108 Å². The lowest BCUT2D eigenvalue weighted by atomic mass is 10.2. The lowest BCUT2D eigenvalue weighted by Gasteiger charge is -2.00. The van der Waals surface area contributed by atoms with Gasteiger partial charge in [-0.1, -0.05) is 12.1 Å². The summed E-state index contributed by atoms with van der Waals surface area (Å²) in [5.74, 6) is -1.11. The third kappa shape index (κ3) is 2.82. The Morgan fingerprint density at radius 1 is 1.32 bits per heavy atom. The van der Waals surface area contributed by atoms with Crippen LogP contribution in [0.25, 0.3) is 11.0 Å². The smallest absolute Gasteiger partial charge is 0.347 e. The average Bonchev–Trinajstić information content (AvgIpc) is 3.01. The highest BCUT2D eigenvalue weighted by atomic mass is 32.1. The van der Waals surface area contributed by atoms with E-state index in [0.717, 1.165) is 22.4 Å². The molecule has 0 aliphatic carbocycles. The molecule has 0 radical (unpaired) electrons.